The molecule has 6 heteroatoms. The topological polar surface area (TPSA) is 0 Å². The Balaban J connectivity index is 4.83. The lowest BCUT2D eigenvalue weighted by Gasteiger charge is -2.14. The van der Waals surface area contributed by atoms with Gasteiger partial charge in [0.05, 0.1) is 0 Å². The van der Waals surface area contributed by atoms with Crippen molar-refractivity contribution in [1.82, 2.24) is 0 Å². The lowest BCUT2D eigenvalue weighted by molar-refractivity contribution is -0.172. The predicted molar refractivity (Wildman–Crippen MR) is 29.1 cm³/mol. The molecule has 0 bridgehead atoms. The largest absolute Gasteiger partial charge is 0.421 e. The molecule has 0 nitrogen and oxygen atoms in total. The van der Waals surface area contributed by atoms with Gasteiger partial charge in [0.2, 0.25) is 0 Å². The zero-order valence-electron chi connectivity index (χ0n) is 5.85. The number of hydrogen-bond donors (Lipinski definition) is 0. The zero-order valence-corrected chi connectivity index (χ0v) is 5.85. The molecule has 0 aromatic heterocycles. The molecule has 0 aliphatic carbocycles. The van der Waals surface area contributed by atoms with Gasteiger partial charge in [0.25, 0.3) is 0 Å². The number of halogens is 6. The highest BCUT2D eigenvalue weighted by Crippen LogP contribution is 2.38. The van der Waals surface area contributed by atoms with E-state index in [2.05, 4.69) is 0 Å². The first kappa shape index (κ1) is 11.3. The van der Waals surface area contributed by atoms with Gasteiger partial charge in [0.1, 0.15) is 5.57 Å². The highest BCUT2D eigenvalue weighted by Gasteiger charge is 2.50. The summed E-state index contributed by atoms with van der Waals surface area (Å²) in [5.41, 5.74) is -2.54. The van der Waals surface area contributed by atoms with E-state index in [4.69, 9.17) is 0 Å². The van der Waals surface area contributed by atoms with Crippen LogP contribution in [-0.2, 0) is 0 Å². The molecule has 0 saturated heterocycles. The van der Waals surface area contributed by atoms with E-state index in [-0.39, 0.29) is 6.08 Å². The lowest BCUT2D eigenvalue weighted by Crippen LogP contribution is -2.26. The van der Waals surface area contributed by atoms with Crippen molar-refractivity contribution in [2.24, 2.45) is 0 Å². The van der Waals surface area contributed by atoms with Crippen LogP contribution in [0, 0.1) is 6.42 Å². The monoisotopic (exact) mass is 190 g/mol. The summed E-state index contributed by atoms with van der Waals surface area (Å²) in [5.74, 6) is 0. The quantitative estimate of drug-likeness (QED) is 0.557. The van der Waals surface area contributed by atoms with Gasteiger partial charge in [-0.15, -0.1) is 0 Å². The molecular weight excluding hydrogens is 186 g/mol. The van der Waals surface area contributed by atoms with Crippen molar-refractivity contribution < 1.29 is 26.3 Å². The van der Waals surface area contributed by atoms with E-state index in [1.807, 2.05) is 0 Å². The van der Waals surface area contributed by atoms with Crippen molar-refractivity contribution >= 4 is 0 Å². The fourth-order valence-corrected chi connectivity index (χ4v) is 0.469. The van der Waals surface area contributed by atoms with Gasteiger partial charge in [-0.1, -0.05) is 13.0 Å². The minimum Gasteiger partial charge on any atom is -0.166 e. The molecular formula is C6H4F6. The molecule has 0 aliphatic rings. The predicted octanol–water partition coefficient (Wildman–Crippen LogP) is 3.14. The summed E-state index contributed by atoms with van der Waals surface area (Å²) in [7, 11) is 0. The molecule has 0 rings (SSSR count). The third-order valence-electron chi connectivity index (χ3n) is 0.899. The third-order valence-corrected chi connectivity index (χ3v) is 0.899. The van der Waals surface area contributed by atoms with Gasteiger partial charge in [-0.3, -0.25) is 0 Å². The fraction of sp³-hybridized carbons (Fsp3) is 0.500. The van der Waals surface area contributed by atoms with Crippen molar-refractivity contribution in [3.8, 4) is 0 Å². The Hall–Kier alpha value is -0.680. The van der Waals surface area contributed by atoms with Crippen molar-refractivity contribution in [3.63, 3.8) is 0 Å². The SMILES string of the molecule is C[C]C=C(C(F)(F)F)C(F)(F)F. The van der Waals surface area contributed by atoms with Gasteiger partial charge in [0.15, 0.2) is 0 Å². The van der Waals surface area contributed by atoms with E-state index in [1.165, 1.54) is 0 Å². The van der Waals surface area contributed by atoms with Gasteiger partial charge in [0, 0.05) is 6.42 Å². The van der Waals surface area contributed by atoms with Gasteiger partial charge in [-0.05, 0) is 0 Å². The summed E-state index contributed by atoms with van der Waals surface area (Å²) in [6.07, 6.45) is -9.19. The van der Waals surface area contributed by atoms with Crippen LogP contribution in [0.25, 0.3) is 0 Å². The van der Waals surface area contributed by atoms with E-state index in [0.29, 0.717) is 0 Å². The van der Waals surface area contributed by atoms with Crippen molar-refractivity contribution in [3.05, 3.63) is 18.1 Å². The first-order valence-electron chi connectivity index (χ1n) is 2.71. The lowest BCUT2D eigenvalue weighted by atomic mass is 10.2. The Morgan fingerprint density at radius 3 is 1.42 bits per heavy atom. The Labute approximate surface area is 64.9 Å². The van der Waals surface area contributed by atoms with Crippen molar-refractivity contribution in [2.45, 2.75) is 19.3 Å². The number of alkyl halides is 6. The van der Waals surface area contributed by atoms with E-state index < -0.39 is 17.9 Å². The molecule has 0 amide bonds. The molecule has 0 unspecified atom stereocenters. The molecule has 0 fully saturated rings. The smallest absolute Gasteiger partial charge is 0.166 e. The molecule has 2 radical (unpaired) electrons. The molecule has 0 heterocycles. The van der Waals surface area contributed by atoms with Crippen molar-refractivity contribution in [1.29, 1.82) is 0 Å². The van der Waals surface area contributed by atoms with Gasteiger partial charge in [-0.25, -0.2) is 0 Å². The molecule has 0 aromatic carbocycles. The summed E-state index contributed by atoms with van der Waals surface area (Å²) >= 11 is 0. The van der Waals surface area contributed by atoms with Crippen LogP contribution in [0.2, 0.25) is 0 Å². The average molecular weight is 190 g/mol. The van der Waals surface area contributed by atoms with Crippen LogP contribution in [0.1, 0.15) is 6.92 Å². The average Bonchev–Trinajstić information content (AvgIpc) is 1.77. The van der Waals surface area contributed by atoms with E-state index in [0.717, 1.165) is 6.92 Å². The highest BCUT2D eigenvalue weighted by atomic mass is 19.4. The summed E-state index contributed by atoms with van der Waals surface area (Å²) in [6, 6.07) is 0. The van der Waals surface area contributed by atoms with E-state index >= 15 is 0 Å². The van der Waals surface area contributed by atoms with E-state index in [1.54, 1.807) is 6.42 Å². The highest BCUT2D eigenvalue weighted by molar-refractivity contribution is 5.18. The number of allylic oxidation sites excluding steroid dienone is 2. The van der Waals surface area contributed by atoms with Crippen LogP contribution in [0.5, 0.6) is 0 Å². The summed E-state index contributed by atoms with van der Waals surface area (Å²) in [4.78, 5) is 0. The second kappa shape index (κ2) is 3.37. The van der Waals surface area contributed by atoms with Crippen LogP contribution in [0.15, 0.2) is 11.6 Å². The first-order valence-corrected chi connectivity index (χ1v) is 2.71. The Morgan fingerprint density at radius 2 is 1.33 bits per heavy atom. The molecule has 12 heavy (non-hydrogen) atoms. The number of rotatable bonds is 1. The molecule has 0 aliphatic heterocycles. The Bertz CT molecular complexity index is 155. The molecule has 0 aromatic rings. The maximum Gasteiger partial charge on any atom is 0.421 e. The Kier molecular flexibility index (Phi) is 3.17. The second-order valence-corrected chi connectivity index (χ2v) is 1.84. The van der Waals surface area contributed by atoms with E-state index in [9.17, 15) is 26.3 Å². The second-order valence-electron chi connectivity index (χ2n) is 1.84. The van der Waals surface area contributed by atoms with Gasteiger partial charge >= 0.3 is 12.4 Å². The van der Waals surface area contributed by atoms with Crippen LogP contribution in [-0.4, -0.2) is 12.4 Å². The molecule has 0 saturated carbocycles. The van der Waals surface area contributed by atoms with Crippen LogP contribution < -0.4 is 0 Å². The van der Waals surface area contributed by atoms with Gasteiger partial charge < -0.3 is 0 Å². The normalized spacial score (nSPS) is 12.9. The zero-order chi connectivity index (χ0) is 9.99. The third kappa shape index (κ3) is 3.15. The number of hydrogen-bond acceptors (Lipinski definition) is 0. The van der Waals surface area contributed by atoms with Crippen molar-refractivity contribution in [2.75, 3.05) is 0 Å². The first-order chi connectivity index (χ1) is 5.19. The standard InChI is InChI=1S/C6H4F6/c1-2-3-4(5(7,8)9)6(10,11)12/h3H,1H3. The molecule has 0 N–H and O–H groups in total. The van der Waals surface area contributed by atoms with Gasteiger partial charge in [-0.2, -0.15) is 26.3 Å². The maximum absolute atomic E-state index is 11.6. The Morgan fingerprint density at radius 1 is 1.00 bits per heavy atom. The summed E-state index contributed by atoms with van der Waals surface area (Å²) in [6.45, 7) is 0.956. The molecule has 0 atom stereocenters. The van der Waals surface area contributed by atoms with Crippen LogP contribution >= 0.6 is 0 Å². The van der Waals surface area contributed by atoms with Crippen LogP contribution in [0.3, 0.4) is 0 Å². The molecule has 0 spiro atoms. The fourth-order valence-electron chi connectivity index (χ4n) is 0.469. The molecule has 70 valence electrons. The summed E-state index contributed by atoms with van der Waals surface area (Å²) in [5, 5.41) is 0. The van der Waals surface area contributed by atoms with Crippen LogP contribution in [0.4, 0.5) is 26.3 Å². The minimum absolute atomic E-state index is 0.125. The maximum atomic E-state index is 11.6. The summed E-state index contributed by atoms with van der Waals surface area (Å²) < 4.78 is 69.4. The minimum atomic E-state index is -5.37.